The molecule has 0 aliphatic carbocycles. The second-order valence-electron chi connectivity index (χ2n) is 3.19. The molecule has 0 radical (unpaired) electrons. The Bertz CT molecular complexity index is 168. The van der Waals surface area contributed by atoms with E-state index in [-0.39, 0.29) is 5.78 Å². The fourth-order valence-corrected chi connectivity index (χ4v) is 1.15. The van der Waals surface area contributed by atoms with E-state index in [0.29, 0.717) is 6.42 Å². The highest BCUT2D eigenvalue weighted by Crippen LogP contribution is 2.05. The van der Waals surface area contributed by atoms with Gasteiger partial charge < -0.3 is 0 Å². The van der Waals surface area contributed by atoms with Crippen LogP contribution in [0.15, 0.2) is 0 Å². The highest BCUT2D eigenvalue weighted by atomic mass is 16.6. The fourth-order valence-electron chi connectivity index (χ4n) is 1.15. The van der Waals surface area contributed by atoms with Crippen LogP contribution in [0.4, 0.5) is 0 Å². The van der Waals surface area contributed by atoms with E-state index in [4.69, 9.17) is 0 Å². The fraction of sp³-hybridized carbons (Fsp3) is 0.889. The molecule has 0 N–H and O–H groups in total. The van der Waals surface area contributed by atoms with Crippen molar-refractivity contribution in [1.82, 2.24) is 0 Å². The molecule has 76 valence electrons. The molecule has 0 aliphatic rings. The zero-order chi connectivity index (χ0) is 10.1. The molecule has 0 aromatic heterocycles. The first-order valence-corrected chi connectivity index (χ1v) is 4.80. The van der Waals surface area contributed by atoms with Crippen molar-refractivity contribution < 1.29 is 9.72 Å². The predicted molar refractivity (Wildman–Crippen MR) is 50.2 cm³/mol. The van der Waals surface area contributed by atoms with Gasteiger partial charge in [0, 0.05) is 11.3 Å². The Labute approximate surface area is 78.5 Å². The molecule has 0 saturated carbocycles. The monoisotopic (exact) mass is 187 g/mol. The Morgan fingerprint density at radius 1 is 1.23 bits per heavy atom. The maximum atomic E-state index is 10.8. The van der Waals surface area contributed by atoms with Crippen LogP contribution in [0.1, 0.15) is 45.4 Å². The van der Waals surface area contributed by atoms with Gasteiger partial charge in [0.15, 0.2) is 0 Å². The van der Waals surface area contributed by atoms with Gasteiger partial charge in [0.25, 0.3) is 6.54 Å². The SMILES string of the molecule is CCCCCCCC(=O)C[N+](=O)[O-]. The minimum Gasteiger partial charge on any atom is -0.292 e. The number of nitro groups is 1. The minimum absolute atomic E-state index is 0.249. The second-order valence-corrected chi connectivity index (χ2v) is 3.19. The average Bonchev–Trinajstić information content (AvgIpc) is 2.02. The lowest BCUT2D eigenvalue weighted by atomic mass is 10.1. The molecular formula is C9H17NO3. The summed E-state index contributed by atoms with van der Waals surface area (Å²) in [6.07, 6.45) is 5.66. The molecule has 0 fully saturated rings. The van der Waals surface area contributed by atoms with E-state index < -0.39 is 11.5 Å². The highest BCUT2D eigenvalue weighted by Gasteiger charge is 2.07. The first-order valence-electron chi connectivity index (χ1n) is 4.80. The van der Waals surface area contributed by atoms with E-state index in [1.807, 2.05) is 0 Å². The maximum Gasteiger partial charge on any atom is 0.261 e. The van der Waals surface area contributed by atoms with Crippen molar-refractivity contribution in [3.63, 3.8) is 0 Å². The highest BCUT2D eigenvalue weighted by molar-refractivity contribution is 5.79. The van der Waals surface area contributed by atoms with Gasteiger partial charge in [-0.15, -0.1) is 0 Å². The molecule has 0 aromatic rings. The van der Waals surface area contributed by atoms with Crippen molar-refractivity contribution in [3.8, 4) is 0 Å². The van der Waals surface area contributed by atoms with Gasteiger partial charge in [-0.3, -0.25) is 14.9 Å². The predicted octanol–water partition coefficient (Wildman–Crippen LogP) is 2.19. The van der Waals surface area contributed by atoms with Crippen LogP contribution in [0.5, 0.6) is 0 Å². The van der Waals surface area contributed by atoms with Crippen LogP contribution >= 0.6 is 0 Å². The van der Waals surface area contributed by atoms with Crippen molar-refractivity contribution in [1.29, 1.82) is 0 Å². The molecule has 4 nitrogen and oxygen atoms in total. The maximum absolute atomic E-state index is 10.8. The summed E-state index contributed by atoms with van der Waals surface area (Å²) < 4.78 is 0. The number of carbonyl (C=O) groups excluding carboxylic acids is 1. The second kappa shape index (κ2) is 7.71. The van der Waals surface area contributed by atoms with Gasteiger partial charge in [-0.25, -0.2) is 0 Å². The summed E-state index contributed by atoms with van der Waals surface area (Å²) in [7, 11) is 0. The van der Waals surface area contributed by atoms with Crippen LogP contribution in [-0.4, -0.2) is 17.3 Å². The Hall–Kier alpha value is -0.930. The lowest BCUT2D eigenvalue weighted by Crippen LogP contribution is -2.12. The van der Waals surface area contributed by atoms with Crippen molar-refractivity contribution >= 4 is 5.78 Å². The Kier molecular flexibility index (Phi) is 7.15. The smallest absolute Gasteiger partial charge is 0.261 e. The molecule has 0 heterocycles. The third-order valence-corrected chi connectivity index (χ3v) is 1.86. The van der Waals surface area contributed by atoms with Crippen molar-refractivity contribution in [2.45, 2.75) is 45.4 Å². The van der Waals surface area contributed by atoms with Crippen LogP contribution in [0.25, 0.3) is 0 Å². The number of ketones is 1. The summed E-state index contributed by atoms with van der Waals surface area (Å²) in [4.78, 5) is 20.2. The van der Waals surface area contributed by atoms with Gasteiger partial charge in [-0.2, -0.15) is 0 Å². The van der Waals surface area contributed by atoms with Gasteiger partial charge in [-0.05, 0) is 6.42 Å². The van der Waals surface area contributed by atoms with Crippen LogP contribution in [0, 0.1) is 10.1 Å². The first kappa shape index (κ1) is 12.1. The Balaban J connectivity index is 3.22. The zero-order valence-corrected chi connectivity index (χ0v) is 8.12. The molecule has 0 aliphatic heterocycles. The molecule has 0 rings (SSSR count). The normalized spacial score (nSPS) is 9.92. The summed E-state index contributed by atoms with van der Waals surface area (Å²) in [6.45, 7) is 1.62. The number of nitrogens with zero attached hydrogens (tertiary/aromatic N) is 1. The van der Waals surface area contributed by atoms with Gasteiger partial charge in [-0.1, -0.05) is 32.6 Å². The summed E-state index contributed by atoms with van der Waals surface area (Å²) in [5, 5.41) is 9.93. The van der Waals surface area contributed by atoms with Crippen molar-refractivity contribution in [3.05, 3.63) is 10.1 Å². The van der Waals surface area contributed by atoms with E-state index in [0.717, 1.165) is 19.3 Å². The van der Waals surface area contributed by atoms with E-state index >= 15 is 0 Å². The summed E-state index contributed by atoms with van der Waals surface area (Å²) in [5.41, 5.74) is 0. The molecule has 0 amide bonds. The van der Waals surface area contributed by atoms with Gasteiger partial charge in [0.2, 0.25) is 5.78 Å². The lowest BCUT2D eigenvalue weighted by molar-refractivity contribution is -0.467. The molecule has 4 heteroatoms. The van der Waals surface area contributed by atoms with Crippen LogP contribution in [-0.2, 0) is 4.79 Å². The van der Waals surface area contributed by atoms with Gasteiger partial charge in [0.1, 0.15) is 0 Å². The van der Waals surface area contributed by atoms with Crippen LogP contribution < -0.4 is 0 Å². The van der Waals surface area contributed by atoms with Crippen LogP contribution in [0.2, 0.25) is 0 Å². The van der Waals surface area contributed by atoms with Gasteiger partial charge >= 0.3 is 0 Å². The summed E-state index contributed by atoms with van der Waals surface area (Å²) >= 11 is 0. The molecule has 0 aromatic carbocycles. The Morgan fingerprint density at radius 2 is 1.85 bits per heavy atom. The largest absolute Gasteiger partial charge is 0.292 e. The number of carbonyl (C=O) groups is 1. The number of hydrogen-bond acceptors (Lipinski definition) is 3. The van der Waals surface area contributed by atoms with E-state index in [9.17, 15) is 14.9 Å². The molecule has 0 atom stereocenters. The van der Waals surface area contributed by atoms with Crippen LogP contribution in [0.3, 0.4) is 0 Å². The van der Waals surface area contributed by atoms with E-state index in [2.05, 4.69) is 6.92 Å². The molecule has 0 bridgehead atoms. The number of rotatable bonds is 8. The molecular weight excluding hydrogens is 170 g/mol. The molecule has 0 unspecified atom stereocenters. The minimum atomic E-state index is -0.561. The van der Waals surface area contributed by atoms with Crippen molar-refractivity contribution in [2.75, 3.05) is 6.54 Å². The third-order valence-electron chi connectivity index (χ3n) is 1.86. The average molecular weight is 187 g/mol. The number of unbranched alkanes of at least 4 members (excludes halogenated alkanes) is 4. The molecule has 13 heavy (non-hydrogen) atoms. The lowest BCUT2D eigenvalue weighted by Gasteiger charge is -1.97. The standard InChI is InChI=1S/C9H17NO3/c1-2-3-4-5-6-7-9(11)8-10(12)13/h2-8H2,1H3. The molecule has 0 saturated heterocycles. The third kappa shape index (κ3) is 8.98. The summed E-state index contributed by atoms with van der Waals surface area (Å²) in [6, 6.07) is 0. The molecule has 0 spiro atoms. The van der Waals surface area contributed by atoms with E-state index in [1.54, 1.807) is 0 Å². The topological polar surface area (TPSA) is 60.2 Å². The first-order chi connectivity index (χ1) is 6.16. The Morgan fingerprint density at radius 3 is 2.38 bits per heavy atom. The van der Waals surface area contributed by atoms with E-state index in [1.165, 1.54) is 12.8 Å². The van der Waals surface area contributed by atoms with Crippen molar-refractivity contribution in [2.24, 2.45) is 0 Å². The number of Topliss-reactive ketones (excluding diaryl/α,β-unsaturated/α-hetero) is 1. The number of hydrogen-bond donors (Lipinski definition) is 0. The summed E-state index contributed by atoms with van der Waals surface area (Å²) in [5.74, 6) is -0.249. The zero-order valence-electron chi connectivity index (χ0n) is 8.12. The van der Waals surface area contributed by atoms with Gasteiger partial charge in [0.05, 0.1) is 0 Å². The quantitative estimate of drug-likeness (QED) is 0.332.